The minimum atomic E-state index is -5.58. The summed E-state index contributed by atoms with van der Waals surface area (Å²) in [5.74, 6) is -1.26. The van der Waals surface area contributed by atoms with Gasteiger partial charge in [0.2, 0.25) is 6.10 Å². The lowest BCUT2D eigenvalue weighted by Gasteiger charge is -2.23. The van der Waals surface area contributed by atoms with Crippen LogP contribution in [0.3, 0.4) is 0 Å². The predicted octanol–water partition coefficient (Wildman–Crippen LogP) is 3.70. The van der Waals surface area contributed by atoms with Gasteiger partial charge in [-0.1, -0.05) is 6.07 Å². The molecule has 0 amide bonds. The van der Waals surface area contributed by atoms with E-state index in [1.165, 1.54) is 6.92 Å². The lowest BCUT2D eigenvalue weighted by atomic mass is 10.1. The first kappa shape index (κ1) is 17.3. The molecule has 3 nitrogen and oxygen atoms in total. The second kappa shape index (κ2) is 5.92. The van der Waals surface area contributed by atoms with E-state index in [0.717, 1.165) is 18.2 Å². The van der Waals surface area contributed by atoms with Crippen molar-refractivity contribution in [2.24, 2.45) is 0 Å². The molecule has 0 aliphatic heterocycles. The summed E-state index contributed by atoms with van der Waals surface area (Å²) in [5, 5.41) is 8.70. The summed E-state index contributed by atoms with van der Waals surface area (Å²) in [7, 11) is 0. The van der Waals surface area contributed by atoms with Crippen molar-refractivity contribution in [2.45, 2.75) is 32.0 Å². The Balaban J connectivity index is 2.89. The van der Waals surface area contributed by atoms with Crippen LogP contribution in [0.15, 0.2) is 18.2 Å². The molecule has 1 rings (SSSR count). The highest BCUT2D eigenvalue weighted by molar-refractivity contribution is 5.87. The minimum Gasteiger partial charge on any atom is -0.478 e. The molecule has 0 bridgehead atoms. The number of carboxylic acid groups (broad SMARTS) is 1. The third-order valence-corrected chi connectivity index (χ3v) is 2.59. The summed E-state index contributed by atoms with van der Waals surface area (Å²) in [6, 6.07) is 3.32. The summed E-state index contributed by atoms with van der Waals surface area (Å²) in [4.78, 5) is 10.7. The van der Waals surface area contributed by atoms with Gasteiger partial charge in [-0.2, -0.15) is 26.3 Å². The summed E-state index contributed by atoms with van der Waals surface area (Å²) in [6.07, 6.45) is -15.0. The molecule has 0 saturated heterocycles. The van der Waals surface area contributed by atoms with Gasteiger partial charge in [-0.15, -0.1) is 0 Å². The maximum absolute atomic E-state index is 12.3. The molecule has 0 atom stereocenters. The molecule has 1 aromatic rings. The Labute approximate surface area is 115 Å². The van der Waals surface area contributed by atoms with Crippen molar-refractivity contribution < 1.29 is 41.0 Å². The van der Waals surface area contributed by atoms with Crippen LogP contribution in [0.25, 0.3) is 0 Å². The molecule has 0 aliphatic carbocycles. The zero-order valence-corrected chi connectivity index (χ0v) is 10.5. The van der Waals surface area contributed by atoms with Gasteiger partial charge in [0.15, 0.2) is 0 Å². The van der Waals surface area contributed by atoms with Crippen LogP contribution in [0.4, 0.5) is 26.3 Å². The Morgan fingerprint density at radius 2 is 1.71 bits per heavy atom. The van der Waals surface area contributed by atoms with Crippen molar-refractivity contribution in [3.63, 3.8) is 0 Å². The van der Waals surface area contributed by atoms with Crippen molar-refractivity contribution in [1.29, 1.82) is 0 Å². The molecule has 0 fully saturated rings. The Morgan fingerprint density at radius 3 is 2.10 bits per heavy atom. The maximum atomic E-state index is 12.3. The average Bonchev–Trinajstić information content (AvgIpc) is 2.27. The number of aromatic carboxylic acids is 1. The molecular weight excluding hydrogens is 306 g/mol. The van der Waals surface area contributed by atoms with E-state index in [1.54, 1.807) is 0 Å². The quantitative estimate of drug-likeness (QED) is 0.862. The molecule has 0 radical (unpaired) electrons. The van der Waals surface area contributed by atoms with Crippen LogP contribution in [0.2, 0.25) is 0 Å². The Morgan fingerprint density at radius 1 is 1.19 bits per heavy atom. The number of alkyl halides is 6. The first-order valence-corrected chi connectivity index (χ1v) is 5.50. The lowest BCUT2D eigenvalue weighted by Crippen LogP contribution is -2.44. The van der Waals surface area contributed by atoms with Crippen molar-refractivity contribution in [1.82, 2.24) is 0 Å². The van der Waals surface area contributed by atoms with Crippen LogP contribution in [0.1, 0.15) is 21.5 Å². The number of aryl methyl sites for hydroxylation is 1. The predicted molar refractivity (Wildman–Crippen MR) is 58.8 cm³/mol. The first-order valence-electron chi connectivity index (χ1n) is 5.50. The number of halogens is 6. The zero-order chi connectivity index (χ0) is 16.4. The second-order valence-electron chi connectivity index (χ2n) is 4.22. The fourth-order valence-corrected chi connectivity index (χ4v) is 1.54. The first-order chi connectivity index (χ1) is 9.43. The minimum absolute atomic E-state index is 0.0403. The van der Waals surface area contributed by atoms with Gasteiger partial charge in [-0.05, 0) is 30.2 Å². The molecular formula is C12H10F6O3. The molecule has 21 heavy (non-hydrogen) atoms. The molecule has 118 valence electrons. The fourth-order valence-electron chi connectivity index (χ4n) is 1.54. The van der Waals surface area contributed by atoms with Gasteiger partial charge < -0.3 is 9.84 Å². The van der Waals surface area contributed by atoms with Crippen LogP contribution < -0.4 is 0 Å². The number of rotatable bonds is 4. The van der Waals surface area contributed by atoms with Gasteiger partial charge in [0.05, 0.1) is 12.2 Å². The summed E-state index contributed by atoms with van der Waals surface area (Å²) in [5.41, 5.74) is 0.135. The van der Waals surface area contributed by atoms with E-state index in [4.69, 9.17) is 5.11 Å². The van der Waals surface area contributed by atoms with E-state index >= 15 is 0 Å². The number of benzene rings is 1. The monoisotopic (exact) mass is 316 g/mol. The van der Waals surface area contributed by atoms with Crippen LogP contribution in [0.5, 0.6) is 0 Å². The van der Waals surface area contributed by atoms with E-state index in [-0.39, 0.29) is 16.7 Å². The van der Waals surface area contributed by atoms with E-state index in [1.807, 2.05) is 0 Å². The Hall–Kier alpha value is -1.77. The molecule has 0 unspecified atom stereocenters. The maximum Gasteiger partial charge on any atom is 0.423 e. The summed E-state index contributed by atoms with van der Waals surface area (Å²) in [6.45, 7) is 0.427. The highest BCUT2D eigenvalue weighted by atomic mass is 19.4. The summed E-state index contributed by atoms with van der Waals surface area (Å²) >= 11 is 0. The fraction of sp³-hybridized carbons (Fsp3) is 0.417. The van der Waals surface area contributed by atoms with E-state index in [2.05, 4.69) is 4.74 Å². The number of carboxylic acids is 1. The third kappa shape index (κ3) is 4.62. The van der Waals surface area contributed by atoms with Gasteiger partial charge in [0, 0.05) is 0 Å². The van der Waals surface area contributed by atoms with Crippen LogP contribution >= 0.6 is 0 Å². The normalized spacial score (nSPS) is 12.8. The van der Waals surface area contributed by atoms with Crippen molar-refractivity contribution in [2.75, 3.05) is 0 Å². The SMILES string of the molecule is Cc1cc(C(=O)O)ccc1COC(C(F)(F)F)C(F)(F)F. The molecule has 9 heteroatoms. The third-order valence-electron chi connectivity index (χ3n) is 2.59. The largest absolute Gasteiger partial charge is 0.478 e. The number of carbonyl (C=O) groups is 1. The molecule has 1 N–H and O–H groups in total. The van der Waals surface area contributed by atoms with Crippen molar-refractivity contribution in [3.05, 3.63) is 34.9 Å². The van der Waals surface area contributed by atoms with Gasteiger partial charge in [0.25, 0.3) is 0 Å². The number of hydrogen-bond donors (Lipinski definition) is 1. The van der Waals surface area contributed by atoms with Gasteiger partial charge >= 0.3 is 18.3 Å². The van der Waals surface area contributed by atoms with Crippen LogP contribution in [0, 0.1) is 6.92 Å². The van der Waals surface area contributed by atoms with Gasteiger partial charge in [-0.3, -0.25) is 0 Å². The van der Waals surface area contributed by atoms with E-state index < -0.39 is 31.0 Å². The smallest absolute Gasteiger partial charge is 0.423 e. The molecule has 1 aromatic carbocycles. The van der Waals surface area contributed by atoms with Crippen LogP contribution in [-0.2, 0) is 11.3 Å². The molecule has 0 aromatic heterocycles. The van der Waals surface area contributed by atoms with Crippen LogP contribution in [-0.4, -0.2) is 29.5 Å². The second-order valence-corrected chi connectivity index (χ2v) is 4.22. The van der Waals surface area contributed by atoms with E-state index in [0.29, 0.717) is 0 Å². The molecule has 0 saturated carbocycles. The number of ether oxygens (including phenoxy) is 1. The van der Waals surface area contributed by atoms with Crippen molar-refractivity contribution in [3.8, 4) is 0 Å². The topological polar surface area (TPSA) is 46.5 Å². The average molecular weight is 316 g/mol. The van der Waals surface area contributed by atoms with Crippen molar-refractivity contribution >= 4 is 5.97 Å². The molecule has 0 heterocycles. The van der Waals surface area contributed by atoms with Gasteiger partial charge in [0.1, 0.15) is 0 Å². The molecule has 0 aliphatic rings. The van der Waals surface area contributed by atoms with Gasteiger partial charge in [-0.25, -0.2) is 4.79 Å². The highest BCUT2D eigenvalue weighted by Crippen LogP contribution is 2.36. The molecule has 0 spiro atoms. The number of hydrogen-bond acceptors (Lipinski definition) is 2. The summed E-state index contributed by atoms with van der Waals surface area (Å²) < 4.78 is 77.5. The van der Waals surface area contributed by atoms with E-state index in [9.17, 15) is 31.1 Å². The highest BCUT2D eigenvalue weighted by Gasteiger charge is 2.57. The lowest BCUT2D eigenvalue weighted by molar-refractivity contribution is -0.324. The zero-order valence-electron chi connectivity index (χ0n) is 10.5. The standard InChI is InChI=1S/C12H10F6O3/c1-6-4-7(9(19)20)2-3-8(6)5-21-10(11(13,14)15)12(16,17)18/h2-4,10H,5H2,1H3,(H,19,20). The Bertz CT molecular complexity index is 507. The Kier molecular flexibility index (Phi) is 4.87.